The number of aromatic carboxylic acids is 1. The van der Waals surface area contributed by atoms with E-state index in [-0.39, 0.29) is 21.4 Å². The van der Waals surface area contributed by atoms with Crippen LogP contribution in [-0.2, 0) is 0 Å². The number of carbonyl (C=O) groups excluding carboxylic acids is 1. The van der Waals surface area contributed by atoms with Gasteiger partial charge in [-0.2, -0.15) is 0 Å². The summed E-state index contributed by atoms with van der Waals surface area (Å²) < 4.78 is 13.6. The SMILES string of the molecule is O=C(Nc1ccnc(C(=O)O)c1)c1ccc(Br)c(F)c1. The topological polar surface area (TPSA) is 79.3 Å². The van der Waals surface area contributed by atoms with Gasteiger partial charge in [-0.1, -0.05) is 0 Å². The smallest absolute Gasteiger partial charge is 0.354 e. The van der Waals surface area contributed by atoms with Gasteiger partial charge in [-0.25, -0.2) is 14.2 Å². The molecule has 0 bridgehead atoms. The molecule has 0 fully saturated rings. The van der Waals surface area contributed by atoms with Crippen LogP contribution in [0.1, 0.15) is 20.8 Å². The molecule has 0 aliphatic carbocycles. The maximum Gasteiger partial charge on any atom is 0.354 e. The summed E-state index contributed by atoms with van der Waals surface area (Å²) in [5.41, 5.74) is 0.204. The molecule has 0 unspecified atom stereocenters. The fourth-order valence-corrected chi connectivity index (χ4v) is 1.71. The molecule has 1 aromatic heterocycles. The van der Waals surface area contributed by atoms with Crippen LogP contribution in [0.15, 0.2) is 41.0 Å². The van der Waals surface area contributed by atoms with Gasteiger partial charge in [0.1, 0.15) is 11.5 Å². The highest BCUT2D eigenvalue weighted by Crippen LogP contribution is 2.17. The lowest BCUT2D eigenvalue weighted by Gasteiger charge is -2.06. The number of carbonyl (C=O) groups is 2. The Labute approximate surface area is 121 Å². The van der Waals surface area contributed by atoms with E-state index < -0.39 is 17.7 Å². The molecule has 2 aromatic rings. The first-order valence-corrected chi connectivity index (χ1v) is 6.22. The van der Waals surface area contributed by atoms with Crippen LogP contribution in [0.2, 0.25) is 0 Å². The Balaban J connectivity index is 2.21. The molecule has 0 radical (unpaired) electrons. The summed E-state index contributed by atoms with van der Waals surface area (Å²) in [6.07, 6.45) is 1.27. The lowest BCUT2D eigenvalue weighted by molar-refractivity contribution is 0.0690. The zero-order chi connectivity index (χ0) is 14.7. The Morgan fingerprint density at radius 2 is 2.00 bits per heavy atom. The first-order chi connectivity index (χ1) is 9.47. The minimum absolute atomic E-state index is 0.124. The van der Waals surface area contributed by atoms with Gasteiger partial charge < -0.3 is 10.4 Å². The van der Waals surface area contributed by atoms with Gasteiger partial charge in [0.15, 0.2) is 0 Å². The molecular formula is C13H8BrFN2O3. The van der Waals surface area contributed by atoms with Gasteiger partial charge in [0.05, 0.1) is 4.47 Å². The molecule has 2 rings (SSSR count). The summed E-state index contributed by atoms with van der Waals surface area (Å²) in [4.78, 5) is 26.3. The molecule has 102 valence electrons. The summed E-state index contributed by atoms with van der Waals surface area (Å²) in [7, 11) is 0. The van der Waals surface area contributed by atoms with E-state index in [4.69, 9.17) is 5.11 Å². The van der Waals surface area contributed by atoms with Gasteiger partial charge in [0.2, 0.25) is 0 Å². The van der Waals surface area contributed by atoms with Crippen molar-refractivity contribution in [2.75, 3.05) is 5.32 Å². The van der Waals surface area contributed by atoms with Crippen LogP contribution >= 0.6 is 15.9 Å². The third-order valence-corrected chi connectivity index (χ3v) is 3.06. The Kier molecular flexibility index (Phi) is 4.09. The van der Waals surface area contributed by atoms with Gasteiger partial charge in [0, 0.05) is 17.4 Å². The van der Waals surface area contributed by atoms with E-state index in [1.54, 1.807) is 0 Å². The average molecular weight is 339 g/mol. The van der Waals surface area contributed by atoms with Gasteiger partial charge in [0.25, 0.3) is 5.91 Å². The van der Waals surface area contributed by atoms with Crippen molar-refractivity contribution < 1.29 is 19.1 Å². The predicted octanol–water partition coefficient (Wildman–Crippen LogP) is 2.93. The second-order valence-electron chi connectivity index (χ2n) is 3.82. The third kappa shape index (κ3) is 3.18. The molecule has 0 spiro atoms. The molecule has 0 saturated carbocycles. The first kappa shape index (κ1) is 14.1. The Morgan fingerprint density at radius 3 is 2.65 bits per heavy atom. The van der Waals surface area contributed by atoms with E-state index in [0.29, 0.717) is 0 Å². The van der Waals surface area contributed by atoms with Gasteiger partial charge in [-0.15, -0.1) is 0 Å². The van der Waals surface area contributed by atoms with Gasteiger partial charge in [-0.3, -0.25) is 4.79 Å². The molecule has 0 aliphatic heterocycles. The number of hydrogen-bond acceptors (Lipinski definition) is 3. The average Bonchev–Trinajstić information content (AvgIpc) is 2.42. The van der Waals surface area contributed by atoms with Gasteiger partial charge in [-0.05, 0) is 46.3 Å². The molecule has 7 heteroatoms. The van der Waals surface area contributed by atoms with E-state index in [1.165, 1.54) is 30.5 Å². The Bertz CT molecular complexity index is 691. The van der Waals surface area contributed by atoms with Crippen LogP contribution < -0.4 is 5.32 Å². The first-order valence-electron chi connectivity index (χ1n) is 5.43. The molecule has 0 aliphatic rings. The number of anilines is 1. The molecule has 2 N–H and O–H groups in total. The summed E-state index contributed by atoms with van der Waals surface area (Å²) in [6, 6.07) is 6.61. The van der Waals surface area contributed by atoms with E-state index in [1.807, 2.05) is 0 Å². The number of nitrogens with zero attached hydrogens (tertiary/aromatic N) is 1. The van der Waals surface area contributed by atoms with Crippen LogP contribution in [0.5, 0.6) is 0 Å². The number of carboxylic acids is 1. The second kappa shape index (κ2) is 5.79. The molecule has 0 atom stereocenters. The summed E-state index contributed by atoms with van der Waals surface area (Å²) in [5, 5.41) is 11.3. The number of amides is 1. The Hall–Kier alpha value is -2.28. The third-order valence-electron chi connectivity index (χ3n) is 2.42. The van der Waals surface area contributed by atoms with Crippen molar-refractivity contribution in [3.8, 4) is 0 Å². The molecular weight excluding hydrogens is 331 g/mol. The van der Waals surface area contributed by atoms with Crippen molar-refractivity contribution in [1.29, 1.82) is 0 Å². The van der Waals surface area contributed by atoms with Crippen LogP contribution in [0.4, 0.5) is 10.1 Å². The quantitative estimate of drug-likeness (QED) is 0.901. The minimum Gasteiger partial charge on any atom is -0.477 e. The van der Waals surface area contributed by atoms with Crippen molar-refractivity contribution >= 4 is 33.5 Å². The fraction of sp³-hybridized carbons (Fsp3) is 0. The fourth-order valence-electron chi connectivity index (χ4n) is 1.47. The Morgan fingerprint density at radius 1 is 1.25 bits per heavy atom. The molecule has 20 heavy (non-hydrogen) atoms. The van der Waals surface area contributed by atoms with Crippen molar-refractivity contribution in [3.63, 3.8) is 0 Å². The van der Waals surface area contributed by atoms with E-state index in [0.717, 1.165) is 6.07 Å². The summed E-state index contributed by atoms with van der Waals surface area (Å²) in [6.45, 7) is 0. The van der Waals surface area contributed by atoms with Crippen LogP contribution in [-0.4, -0.2) is 22.0 Å². The lowest BCUT2D eigenvalue weighted by Crippen LogP contribution is -2.13. The van der Waals surface area contributed by atoms with Crippen LogP contribution in [0.25, 0.3) is 0 Å². The van der Waals surface area contributed by atoms with E-state index >= 15 is 0 Å². The highest BCUT2D eigenvalue weighted by molar-refractivity contribution is 9.10. The van der Waals surface area contributed by atoms with Gasteiger partial charge >= 0.3 is 5.97 Å². The normalized spacial score (nSPS) is 10.1. The molecule has 0 saturated heterocycles. The number of halogens is 2. The van der Waals surface area contributed by atoms with Crippen LogP contribution in [0.3, 0.4) is 0 Å². The highest BCUT2D eigenvalue weighted by atomic mass is 79.9. The zero-order valence-electron chi connectivity index (χ0n) is 9.93. The predicted molar refractivity (Wildman–Crippen MR) is 73.2 cm³/mol. The second-order valence-corrected chi connectivity index (χ2v) is 4.67. The number of aromatic nitrogens is 1. The monoisotopic (exact) mass is 338 g/mol. The molecule has 1 aromatic carbocycles. The minimum atomic E-state index is -1.20. The number of carboxylic acid groups (broad SMARTS) is 1. The lowest BCUT2D eigenvalue weighted by atomic mass is 10.2. The standard InChI is InChI=1S/C13H8BrFN2O3/c14-9-2-1-7(5-10(9)15)12(18)17-8-3-4-16-11(6-8)13(19)20/h1-6H,(H,19,20)(H,16,17,18). The highest BCUT2D eigenvalue weighted by Gasteiger charge is 2.11. The number of pyridine rings is 1. The largest absolute Gasteiger partial charge is 0.477 e. The maximum atomic E-state index is 13.3. The molecule has 1 amide bonds. The number of nitrogens with one attached hydrogen (secondary N) is 1. The number of benzene rings is 1. The molecule has 5 nitrogen and oxygen atoms in total. The van der Waals surface area contributed by atoms with E-state index in [2.05, 4.69) is 26.2 Å². The van der Waals surface area contributed by atoms with Crippen LogP contribution in [0, 0.1) is 5.82 Å². The summed E-state index contributed by atoms with van der Waals surface area (Å²) >= 11 is 2.99. The summed E-state index contributed by atoms with van der Waals surface area (Å²) in [5.74, 6) is -2.30. The molecule has 1 heterocycles. The van der Waals surface area contributed by atoms with Crippen molar-refractivity contribution in [3.05, 3.63) is 58.1 Å². The van der Waals surface area contributed by atoms with E-state index in [9.17, 15) is 14.0 Å². The maximum absolute atomic E-state index is 13.3. The number of hydrogen-bond donors (Lipinski definition) is 2. The van der Waals surface area contributed by atoms with Crippen molar-refractivity contribution in [1.82, 2.24) is 4.98 Å². The van der Waals surface area contributed by atoms with Crippen molar-refractivity contribution in [2.45, 2.75) is 0 Å². The zero-order valence-corrected chi connectivity index (χ0v) is 11.5. The van der Waals surface area contributed by atoms with Crippen molar-refractivity contribution in [2.24, 2.45) is 0 Å². The number of rotatable bonds is 3.